The van der Waals surface area contributed by atoms with Crippen LogP contribution in [0.5, 0.6) is 0 Å². The number of thiocarbonyl (C=S) groups is 1. The average Bonchev–Trinajstić information content (AvgIpc) is 3.15. The van der Waals surface area contributed by atoms with Gasteiger partial charge in [0.2, 0.25) is 0 Å². The molecule has 12 heteroatoms. The van der Waals surface area contributed by atoms with Gasteiger partial charge in [0.1, 0.15) is 18.7 Å². The van der Waals surface area contributed by atoms with Crippen molar-refractivity contribution in [3.8, 4) is 0 Å². The molecule has 3 saturated heterocycles. The maximum absolute atomic E-state index is 13.5. The van der Waals surface area contributed by atoms with Crippen LogP contribution in [0.4, 0.5) is 37.7 Å². The van der Waals surface area contributed by atoms with Gasteiger partial charge in [0, 0.05) is 47.3 Å². The number of aromatic nitrogens is 1. The number of benzene rings is 4. The summed E-state index contributed by atoms with van der Waals surface area (Å²) in [6.45, 7) is 7.38. The molecule has 0 aliphatic carbocycles. The molecule has 3 aliphatic rings. The molecule has 0 spiro atoms. The van der Waals surface area contributed by atoms with Gasteiger partial charge in [0.25, 0.3) is 0 Å². The number of quaternary nitrogens is 1. The Balaban J connectivity index is 1.24. The summed E-state index contributed by atoms with van der Waals surface area (Å²) in [5.41, 5.74) is 1.08. The fraction of sp³-hybridized carbons (Fsp3) is 0.286. The first-order valence-corrected chi connectivity index (χ1v) is 18.2. The predicted octanol–water partition coefficient (Wildman–Crippen LogP) is 11.0. The molecule has 3 fully saturated rings. The van der Waals surface area contributed by atoms with Gasteiger partial charge >= 0.3 is 12.4 Å². The predicted molar refractivity (Wildman–Crippen MR) is 202 cm³/mol. The molecule has 0 saturated carbocycles. The first kappa shape index (κ1) is 37.5. The number of fused-ring (bicyclic) bond motifs is 4. The van der Waals surface area contributed by atoms with Gasteiger partial charge in [-0.05, 0) is 71.7 Å². The Bertz CT molecular complexity index is 2100. The van der Waals surface area contributed by atoms with Crippen LogP contribution in [0.3, 0.4) is 0 Å². The second-order valence-electron chi connectivity index (χ2n) is 14.2. The summed E-state index contributed by atoms with van der Waals surface area (Å²) >= 11 is 5.40. The van der Waals surface area contributed by atoms with Gasteiger partial charge < -0.3 is 19.9 Å². The third-order valence-corrected chi connectivity index (χ3v) is 11.0. The monoisotopic (exact) mass is 761 g/mol. The Kier molecular flexibility index (Phi) is 10.5. The largest absolute Gasteiger partial charge is 0.416 e. The summed E-state index contributed by atoms with van der Waals surface area (Å²) in [6.07, 6.45) is -4.41. The Morgan fingerprint density at radius 1 is 0.852 bits per heavy atom. The third kappa shape index (κ3) is 8.15. The maximum Gasteiger partial charge on any atom is 0.416 e. The number of nitrogens with one attached hydrogen (secondary N) is 2. The van der Waals surface area contributed by atoms with E-state index < -0.39 is 29.2 Å². The summed E-state index contributed by atoms with van der Waals surface area (Å²) in [7, 11) is 0. The number of halogens is 6. The van der Waals surface area contributed by atoms with E-state index in [4.69, 9.17) is 17.0 Å². The van der Waals surface area contributed by atoms with Crippen molar-refractivity contribution < 1.29 is 35.6 Å². The Labute approximate surface area is 315 Å². The van der Waals surface area contributed by atoms with E-state index in [0.717, 1.165) is 53.5 Å². The lowest BCUT2D eigenvalue weighted by Crippen LogP contribution is -2.67. The molecule has 2 unspecified atom stereocenters. The average molecular weight is 762 g/mol. The molecule has 4 aromatic carbocycles. The molecule has 2 bridgehead atoms. The van der Waals surface area contributed by atoms with Gasteiger partial charge in [-0.25, -0.2) is 0 Å². The zero-order chi connectivity index (χ0) is 38.1. The SMILES string of the molecule is C=CC1C[N+]2(Cc3ccccc3)CC[C@H]1C[C@H]2[C@H](OCc1ccccc1)c1ccnc2ccc(NC(=S)Nc3cc(C(F)(F)F)cc(C(F)(F)F)c3)cc12. The van der Waals surface area contributed by atoms with Crippen molar-refractivity contribution in [2.24, 2.45) is 11.8 Å². The number of piperidine rings is 3. The number of alkyl halides is 6. The zero-order valence-electron chi connectivity index (χ0n) is 29.2. The number of anilines is 2. The second-order valence-corrected chi connectivity index (χ2v) is 14.7. The van der Waals surface area contributed by atoms with E-state index in [9.17, 15) is 26.3 Å². The highest BCUT2D eigenvalue weighted by Crippen LogP contribution is 2.49. The molecule has 2 N–H and O–H groups in total. The smallest absolute Gasteiger partial charge is 0.363 e. The zero-order valence-corrected chi connectivity index (χ0v) is 30.0. The van der Waals surface area contributed by atoms with E-state index >= 15 is 0 Å². The first-order valence-electron chi connectivity index (χ1n) is 17.8. The molecule has 0 radical (unpaired) electrons. The topological polar surface area (TPSA) is 46.2 Å². The van der Waals surface area contributed by atoms with Crippen LogP contribution >= 0.6 is 12.2 Å². The van der Waals surface area contributed by atoms with Crippen LogP contribution in [0.25, 0.3) is 10.9 Å². The molecule has 4 heterocycles. The number of ether oxygens (including phenoxy) is 1. The highest BCUT2D eigenvalue weighted by atomic mass is 32.1. The second kappa shape index (κ2) is 15.2. The number of hydrogen-bond donors (Lipinski definition) is 2. The number of pyridine rings is 1. The highest BCUT2D eigenvalue weighted by molar-refractivity contribution is 7.80. The van der Waals surface area contributed by atoms with Crippen molar-refractivity contribution in [2.75, 3.05) is 23.7 Å². The van der Waals surface area contributed by atoms with Crippen molar-refractivity contribution in [3.63, 3.8) is 0 Å². The maximum atomic E-state index is 13.5. The lowest BCUT2D eigenvalue weighted by atomic mass is 9.71. The molecule has 5 nitrogen and oxygen atoms in total. The van der Waals surface area contributed by atoms with Gasteiger partial charge in [-0.1, -0.05) is 66.7 Å². The Morgan fingerprint density at radius 3 is 2.15 bits per heavy atom. The van der Waals surface area contributed by atoms with Crippen LogP contribution in [-0.2, 0) is 30.2 Å². The minimum absolute atomic E-state index is 0.0776. The molecular weight excluding hydrogens is 723 g/mol. The summed E-state index contributed by atoms with van der Waals surface area (Å²) in [5, 5.41) is 6.09. The molecule has 280 valence electrons. The van der Waals surface area contributed by atoms with E-state index in [1.807, 2.05) is 48.5 Å². The van der Waals surface area contributed by atoms with Crippen molar-refractivity contribution >= 4 is 39.6 Å². The van der Waals surface area contributed by atoms with Crippen LogP contribution in [0.15, 0.2) is 122 Å². The summed E-state index contributed by atoms with van der Waals surface area (Å²) in [6, 6.07) is 29.2. The number of rotatable bonds is 10. The normalized spacial score (nSPS) is 21.8. The van der Waals surface area contributed by atoms with E-state index in [-0.39, 0.29) is 23.3 Å². The number of nitrogens with zero attached hydrogens (tertiary/aromatic N) is 2. The van der Waals surface area contributed by atoms with Crippen LogP contribution < -0.4 is 10.6 Å². The van der Waals surface area contributed by atoms with Crippen LogP contribution in [-0.4, -0.2) is 33.7 Å². The lowest BCUT2D eigenvalue weighted by Gasteiger charge is -2.58. The van der Waals surface area contributed by atoms with Gasteiger partial charge in [-0.3, -0.25) is 4.98 Å². The van der Waals surface area contributed by atoms with E-state index in [1.54, 1.807) is 18.3 Å². The fourth-order valence-corrected chi connectivity index (χ4v) is 8.53. The van der Waals surface area contributed by atoms with E-state index in [2.05, 4.69) is 52.5 Å². The standard InChI is InChI=1S/C42H38F6N4OS/c1-2-29-25-52(24-27-9-5-3-6-10-27)18-16-30(29)19-38(52)39(53-26-28-11-7-4-8-12-28)35-15-17-49-37-14-13-33(23-36(35)37)50-40(54)51-34-21-31(41(43,44)45)20-32(22-34)42(46,47)48/h2-15,17,20-23,29-30,38-39H,1,16,18-19,24-26H2,(H-,50,51,54)/p+1/t29?,30-,38-,39+,52?/m0/s1. The van der Waals surface area contributed by atoms with Crippen molar-refractivity contribution in [1.29, 1.82) is 0 Å². The first-order chi connectivity index (χ1) is 25.8. The number of hydrogen-bond acceptors (Lipinski definition) is 3. The molecule has 8 rings (SSSR count). The van der Waals surface area contributed by atoms with Crippen molar-refractivity contribution in [3.05, 3.63) is 150 Å². The molecule has 1 aromatic heterocycles. The van der Waals surface area contributed by atoms with Gasteiger partial charge in [0.05, 0.1) is 36.3 Å². The fourth-order valence-electron chi connectivity index (χ4n) is 8.29. The minimum Gasteiger partial charge on any atom is -0.363 e. The van der Waals surface area contributed by atoms with Crippen LogP contribution in [0.1, 0.15) is 46.8 Å². The van der Waals surface area contributed by atoms with Gasteiger partial charge in [-0.15, -0.1) is 6.58 Å². The summed E-state index contributed by atoms with van der Waals surface area (Å²) in [5.74, 6) is 0.851. The molecule has 5 atom stereocenters. The van der Waals surface area contributed by atoms with Gasteiger partial charge in [0.15, 0.2) is 5.11 Å². The highest BCUT2D eigenvalue weighted by Gasteiger charge is 2.54. The van der Waals surface area contributed by atoms with E-state index in [1.165, 1.54) is 5.56 Å². The van der Waals surface area contributed by atoms with Crippen LogP contribution in [0.2, 0.25) is 0 Å². The van der Waals surface area contributed by atoms with Crippen molar-refractivity contribution in [1.82, 2.24) is 4.98 Å². The lowest BCUT2D eigenvalue weighted by molar-refractivity contribution is -0.985. The molecule has 0 amide bonds. The van der Waals surface area contributed by atoms with Crippen LogP contribution in [0, 0.1) is 11.8 Å². The third-order valence-electron chi connectivity index (χ3n) is 10.8. The van der Waals surface area contributed by atoms with Crippen molar-refractivity contribution in [2.45, 2.75) is 50.5 Å². The quantitative estimate of drug-likeness (QED) is 0.0642. The van der Waals surface area contributed by atoms with Gasteiger partial charge in [-0.2, -0.15) is 26.3 Å². The molecular formula is C42H39F6N4OS+. The molecule has 54 heavy (non-hydrogen) atoms. The molecule has 5 aromatic rings. The Hall–Kier alpha value is -4.78. The summed E-state index contributed by atoms with van der Waals surface area (Å²) in [4.78, 5) is 4.64. The van der Waals surface area contributed by atoms with E-state index in [0.29, 0.717) is 41.8 Å². The summed E-state index contributed by atoms with van der Waals surface area (Å²) < 4.78 is 88.9. The molecule has 3 aliphatic heterocycles. The minimum atomic E-state index is -4.99. The Morgan fingerprint density at radius 2 is 1.50 bits per heavy atom.